The predicted octanol–water partition coefficient (Wildman–Crippen LogP) is 0.736. The Bertz CT molecular complexity index is 206. The monoisotopic (exact) mass is 217 g/mol. The number of amides is 1. The van der Waals surface area contributed by atoms with Crippen LogP contribution in [0.1, 0.15) is 26.7 Å². The molecule has 0 atom stereocenters. The first-order chi connectivity index (χ1) is 7.11. The lowest BCUT2D eigenvalue weighted by Gasteiger charge is -2.19. The lowest BCUT2D eigenvalue weighted by atomic mass is 10.3. The summed E-state index contributed by atoms with van der Waals surface area (Å²) >= 11 is 0. The fourth-order valence-electron chi connectivity index (χ4n) is 1.19. The zero-order chi connectivity index (χ0) is 11.7. The number of carboxylic acids is 1. The van der Waals surface area contributed by atoms with E-state index in [4.69, 9.17) is 9.84 Å². The third kappa shape index (κ3) is 6.90. The molecule has 0 fully saturated rings. The van der Waals surface area contributed by atoms with Crippen molar-refractivity contribution in [1.82, 2.24) is 4.90 Å². The predicted molar refractivity (Wildman–Crippen MR) is 55.6 cm³/mol. The molecule has 1 N–H and O–H groups in total. The van der Waals surface area contributed by atoms with E-state index in [2.05, 4.69) is 0 Å². The van der Waals surface area contributed by atoms with Gasteiger partial charge in [0.2, 0.25) is 5.91 Å². The van der Waals surface area contributed by atoms with Gasteiger partial charge in [0.15, 0.2) is 0 Å². The molecular formula is C10H19NO4. The summed E-state index contributed by atoms with van der Waals surface area (Å²) in [6.45, 7) is 4.95. The minimum atomic E-state index is -0.979. The Morgan fingerprint density at radius 2 is 2.00 bits per heavy atom. The van der Waals surface area contributed by atoms with Gasteiger partial charge in [-0.3, -0.25) is 9.59 Å². The van der Waals surface area contributed by atoms with Gasteiger partial charge in [0.1, 0.15) is 6.54 Å². The topological polar surface area (TPSA) is 66.8 Å². The molecule has 0 aliphatic heterocycles. The van der Waals surface area contributed by atoms with Crippen molar-refractivity contribution in [1.29, 1.82) is 0 Å². The molecule has 1 amide bonds. The van der Waals surface area contributed by atoms with Crippen molar-refractivity contribution in [2.75, 3.05) is 26.3 Å². The summed E-state index contributed by atoms with van der Waals surface area (Å²) < 4.78 is 5.04. The number of aliphatic carboxylic acids is 1. The Balaban J connectivity index is 3.98. The van der Waals surface area contributed by atoms with Crippen LogP contribution in [0.5, 0.6) is 0 Å². The Morgan fingerprint density at radius 3 is 2.47 bits per heavy atom. The lowest BCUT2D eigenvalue weighted by molar-refractivity contribution is -0.144. The fourth-order valence-corrected chi connectivity index (χ4v) is 1.19. The van der Waals surface area contributed by atoms with Crippen molar-refractivity contribution in [2.24, 2.45) is 0 Å². The molecule has 5 nitrogen and oxygen atoms in total. The van der Waals surface area contributed by atoms with Crippen LogP contribution >= 0.6 is 0 Å². The van der Waals surface area contributed by atoms with Gasteiger partial charge in [-0.05, 0) is 13.3 Å². The second kappa shape index (κ2) is 8.23. The normalized spacial score (nSPS) is 10.0. The first kappa shape index (κ1) is 13.9. The van der Waals surface area contributed by atoms with Crippen molar-refractivity contribution in [3.8, 4) is 0 Å². The van der Waals surface area contributed by atoms with Crippen LogP contribution in [0.15, 0.2) is 0 Å². The first-order valence-electron chi connectivity index (χ1n) is 5.19. The lowest BCUT2D eigenvalue weighted by Crippen LogP contribution is -2.36. The van der Waals surface area contributed by atoms with Crippen LogP contribution in [0.2, 0.25) is 0 Å². The molecule has 0 aliphatic rings. The van der Waals surface area contributed by atoms with Gasteiger partial charge in [-0.15, -0.1) is 0 Å². The van der Waals surface area contributed by atoms with Gasteiger partial charge in [0.25, 0.3) is 0 Å². The summed E-state index contributed by atoms with van der Waals surface area (Å²) in [6, 6.07) is 0. The van der Waals surface area contributed by atoms with E-state index < -0.39 is 5.97 Å². The average Bonchev–Trinajstić information content (AvgIpc) is 2.17. The van der Waals surface area contributed by atoms with Gasteiger partial charge < -0.3 is 14.7 Å². The Labute approximate surface area is 90.0 Å². The molecule has 0 rings (SSSR count). The maximum absolute atomic E-state index is 11.5. The third-order valence-corrected chi connectivity index (χ3v) is 1.84. The van der Waals surface area contributed by atoms with Crippen molar-refractivity contribution >= 4 is 11.9 Å². The SMILES string of the molecule is CCCN(CC(=O)O)C(=O)CCOCC. The number of hydrogen-bond acceptors (Lipinski definition) is 3. The maximum atomic E-state index is 11.5. The van der Waals surface area contributed by atoms with Gasteiger partial charge >= 0.3 is 5.97 Å². The van der Waals surface area contributed by atoms with Crippen LogP contribution in [-0.4, -0.2) is 48.2 Å². The highest BCUT2D eigenvalue weighted by Crippen LogP contribution is 1.97. The van der Waals surface area contributed by atoms with E-state index in [1.807, 2.05) is 13.8 Å². The zero-order valence-electron chi connectivity index (χ0n) is 9.36. The molecule has 88 valence electrons. The van der Waals surface area contributed by atoms with E-state index in [1.54, 1.807) is 0 Å². The van der Waals surface area contributed by atoms with Crippen molar-refractivity contribution in [3.05, 3.63) is 0 Å². The van der Waals surface area contributed by atoms with Gasteiger partial charge in [-0.2, -0.15) is 0 Å². The standard InChI is InChI=1S/C10H19NO4/c1-3-6-11(8-10(13)14)9(12)5-7-15-4-2/h3-8H2,1-2H3,(H,13,14). The largest absolute Gasteiger partial charge is 0.480 e. The molecule has 0 saturated heterocycles. The Hall–Kier alpha value is -1.10. The van der Waals surface area contributed by atoms with E-state index in [9.17, 15) is 9.59 Å². The van der Waals surface area contributed by atoms with Crippen molar-refractivity contribution in [2.45, 2.75) is 26.7 Å². The molecule has 0 saturated carbocycles. The molecule has 0 aliphatic carbocycles. The highest BCUT2D eigenvalue weighted by Gasteiger charge is 2.15. The molecule has 15 heavy (non-hydrogen) atoms. The van der Waals surface area contributed by atoms with Crippen molar-refractivity contribution < 1.29 is 19.4 Å². The van der Waals surface area contributed by atoms with Crippen LogP contribution in [0.4, 0.5) is 0 Å². The van der Waals surface area contributed by atoms with E-state index in [0.29, 0.717) is 19.8 Å². The van der Waals surface area contributed by atoms with E-state index in [-0.39, 0.29) is 18.9 Å². The van der Waals surface area contributed by atoms with Crippen LogP contribution in [0, 0.1) is 0 Å². The van der Waals surface area contributed by atoms with Crippen LogP contribution < -0.4 is 0 Å². The molecule has 0 aromatic carbocycles. The molecule has 0 unspecified atom stereocenters. The zero-order valence-corrected chi connectivity index (χ0v) is 9.36. The summed E-state index contributed by atoms with van der Waals surface area (Å²) in [5.41, 5.74) is 0. The minimum absolute atomic E-state index is 0.160. The third-order valence-electron chi connectivity index (χ3n) is 1.84. The Kier molecular flexibility index (Phi) is 7.62. The molecule has 5 heteroatoms. The maximum Gasteiger partial charge on any atom is 0.323 e. The summed E-state index contributed by atoms with van der Waals surface area (Å²) in [5, 5.41) is 8.61. The molecule has 0 bridgehead atoms. The van der Waals surface area contributed by atoms with Crippen LogP contribution in [-0.2, 0) is 14.3 Å². The molecule has 0 aromatic rings. The smallest absolute Gasteiger partial charge is 0.323 e. The van der Waals surface area contributed by atoms with Crippen molar-refractivity contribution in [3.63, 3.8) is 0 Å². The highest BCUT2D eigenvalue weighted by atomic mass is 16.5. The number of ether oxygens (including phenoxy) is 1. The first-order valence-corrected chi connectivity index (χ1v) is 5.19. The molecule has 0 aromatic heterocycles. The number of rotatable bonds is 8. The van der Waals surface area contributed by atoms with Crippen LogP contribution in [0.3, 0.4) is 0 Å². The molecule has 0 spiro atoms. The number of carbonyl (C=O) groups excluding carboxylic acids is 1. The quantitative estimate of drug-likeness (QED) is 0.609. The Morgan fingerprint density at radius 1 is 1.33 bits per heavy atom. The van der Waals surface area contributed by atoms with E-state index >= 15 is 0 Å². The molecular weight excluding hydrogens is 198 g/mol. The summed E-state index contributed by atoms with van der Waals surface area (Å²) in [4.78, 5) is 23.4. The fraction of sp³-hybridized carbons (Fsp3) is 0.800. The number of nitrogens with zero attached hydrogens (tertiary/aromatic N) is 1. The second-order valence-electron chi connectivity index (χ2n) is 3.16. The number of carboxylic acid groups (broad SMARTS) is 1. The summed E-state index contributed by atoms with van der Waals surface area (Å²) in [6.07, 6.45) is 1.01. The summed E-state index contributed by atoms with van der Waals surface area (Å²) in [5.74, 6) is -1.14. The summed E-state index contributed by atoms with van der Waals surface area (Å²) in [7, 11) is 0. The molecule has 0 radical (unpaired) electrons. The minimum Gasteiger partial charge on any atom is -0.480 e. The van der Waals surface area contributed by atoms with E-state index in [1.165, 1.54) is 4.90 Å². The van der Waals surface area contributed by atoms with Gasteiger partial charge in [0, 0.05) is 13.2 Å². The average molecular weight is 217 g/mol. The molecule has 0 heterocycles. The van der Waals surface area contributed by atoms with Gasteiger partial charge in [-0.25, -0.2) is 0 Å². The highest BCUT2D eigenvalue weighted by molar-refractivity contribution is 5.81. The van der Waals surface area contributed by atoms with Gasteiger partial charge in [0.05, 0.1) is 13.0 Å². The number of hydrogen-bond donors (Lipinski definition) is 1. The van der Waals surface area contributed by atoms with Gasteiger partial charge in [-0.1, -0.05) is 6.92 Å². The second-order valence-corrected chi connectivity index (χ2v) is 3.16. The van der Waals surface area contributed by atoms with Crippen LogP contribution in [0.25, 0.3) is 0 Å². The van der Waals surface area contributed by atoms with E-state index in [0.717, 1.165) is 6.42 Å². The number of carbonyl (C=O) groups is 2.